The molecule has 3 aromatic rings. The summed E-state index contributed by atoms with van der Waals surface area (Å²) in [4.78, 5) is 13.0. The molecule has 0 amide bonds. The molecule has 0 saturated carbocycles. The molecule has 0 aliphatic carbocycles. The van der Waals surface area contributed by atoms with Crippen molar-refractivity contribution >= 4 is 17.0 Å². The van der Waals surface area contributed by atoms with Gasteiger partial charge < -0.3 is 15.1 Å². The molecule has 3 aliphatic rings. The highest BCUT2D eigenvalue weighted by Gasteiger charge is 2.46. The van der Waals surface area contributed by atoms with Crippen LogP contribution >= 0.6 is 0 Å². The van der Waals surface area contributed by atoms with Crippen LogP contribution < -0.4 is 4.90 Å². The van der Waals surface area contributed by atoms with Crippen LogP contribution in [0.5, 0.6) is 5.88 Å². The first-order valence-electron chi connectivity index (χ1n) is 9.07. The summed E-state index contributed by atoms with van der Waals surface area (Å²) in [7, 11) is 0. The largest absolute Gasteiger partial charge is 0.493 e. The summed E-state index contributed by atoms with van der Waals surface area (Å²) in [5.74, 6) is -1.33. The van der Waals surface area contributed by atoms with Gasteiger partial charge in [0.2, 0.25) is 11.8 Å². The minimum absolute atomic E-state index is 0.0402. The van der Waals surface area contributed by atoms with Crippen molar-refractivity contribution in [1.29, 1.82) is 0 Å². The summed E-state index contributed by atoms with van der Waals surface area (Å²) in [6, 6.07) is 3.59. The molecule has 6 rings (SSSR count). The standard InChI is InChI=1S/C18H18F2N6O2/c19-10-1-2-15(14(20)5-10)26-16-13(7-21-26)17(28)23-18(22-16)25-11-6-12(25)9-24(8-11)3-4-27/h1-2,5,7,11-12,27H,3-4,6,8-9H2,(H,22,23,28). The van der Waals surface area contributed by atoms with Gasteiger partial charge in [0.25, 0.3) is 0 Å². The second-order valence-electron chi connectivity index (χ2n) is 7.17. The van der Waals surface area contributed by atoms with Gasteiger partial charge in [0.1, 0.15) is 16.9 Å². The van der Waals surface area contributed by atoms with Crippen LogP contribution in [-0.4, -0.2) is 73.2 Å². The molecule has 3 fully saturated rings. The minimum Gasteiger partial charge on any atom is -0.493 e. The van der Waals surface area contributed by atoms with Crippen molar-refractivity contribution in [2.45, 2.75) is 18.5 Å². The minimum atomic E-state index is -0.773. The molecule has 1 aromatic carbocycles. The lowest BCUT2D eigenvalue weighted by Gasteiger charge is -2.56. The number of benzene rings is 1. The molecule has 146 valence electrons. The van der Waals surface area contributed by atoms with Crippen LogP contribution in [0.15, 0.2) is 24.4 Å². The zero-order valence-electron chi connectivity index (χ0n) is 14.8. The number of piperazine rings is 1. The fraction of sp³-hybridized carbons (Fsp3) is 0.389. The van der Waals surface area contributed by atoms with E-state index in [4.69, 9.17) is 5.11 Å². The molecule has 2 aromatic heterocycles. The van der Waals surface area contributed by atoms with Gasteiger partial charge in [-0.25, -0.2) is 13.5 Å². The molecule has 0 radical (unpaired) electrons. The topological polar surface area (TPSA) is 90.5 Å². The van der Waals surface area contributed by atoms with E-state index in [1.165, 1.54) is 16.9 Å². The normalized spacial score (nSPS) is 21.9. The van der Waals surface area contributed by atoms with Gasteiger partial charge in [-0.1, -0.05) is 0 Å². The number of hydrogen-bond donors (Lipinski definition) is 2. The van der Waals surface area contributed by atoms with Gasteiger partial charge in [-0.2, -0.15) is 15.1 Å². The van der Waals surface area contributed by atoms with Gasteiger partial charge in [-0.05, 0) is 18.6 Å². The Hall–Kier alpha value is -2.85. The lowest BCUT2D eigenvalue weighted by molar-refractivity contribution is 0.0936. The van der Waals surface area contributed by atoms with Crippen LogP contribution in [0.4, 0.5) is 14.7 Å². The number of fused-ring (bicyclic) bond motifs is 3. The van der Waals surface area contributed by atoms with Crippen molar-refractivity contribution in [2.24, 2.45) is 0 Å². The third-order valence-electron chi connectivity index (χ3n) is 5.45. The number of aliphatic hydroxyl groups is 1. The first kappa shape index (κ1) is 17.3. The fourth-order valence-electron chi connectivity index (χ4n) is 4.17. The molecule has 2 N–H and O–H groups in total. The summed E-state index contributed by atoms with van der Waals surface area (Å²) in [6.45, 7) is 2.31. The molecule has 2 bridgehead atoms. The van der Waals surface area contributed by atoms with Crippen molar-refractivity contribution in [3.63, 3.8) is 0 Å². The second kappa shape index (κ2) is 6.35. The highest BCUT2D eigenvalue weighted by atomic mass is 19.1. The van der Waals surface area contributed by atoms with Crippen LogP contribution in [0, 0.1) is 11.6 Å². The van der Waals surface area contributed by atoms with Crippen LogP contribution in [0.2, 0.25) is 0 Å². The predicted molar refractivity (Wildman–Crippen MR) is 96.4 cm³/mol. The number of rotatable bonds is 4. The van der Waals surface area contributed by atoms with E-state index >= 15 is 0 Å². The van der Waals surface area contributed by atoms with E-state index in [1.807, 2.05) is 4.90 Å². The maximum absolute atomic E-state index is 14.2. The maximum Gasteiger partial charge on any atom is 0.231 e. The number of aromatic nitrogens is 4. The summed E-state index contributed by atoms with van der Waals surface area (Å²) in [6.07, 6.45) is 2.35. The zero-order valence-corrected chi connectivity index (χ0v) is 14.8. The van der Waals surface area contributed by atoms with E-state index in [0.717, 1.165) is 31.6 Å². The molecule has 10 heteroatoms. The van der Waals surface area contributed by atoms with Crippen LogP contribution in [0.3, 0.4) is 0 Å². The quantitative estimate of drug-likeness (QED) is 0.691. The number of piperidine rings is 1. The van der Waals surface area contributed by atoms with Crippen molar-refractivity contribution in [1.82, 2.24) is 24.6 Å². The predicted octanol–water partition coefficient (Wildman–Crippen LogP) is 1.05. The lowest BCUT2D eigenvalue weighted by atomic mass is 9.88. The Labute approximate surface area is 158 Å². The lowest BCUT2D eigenvalue weighted by Crippen LogP contribution is -2.69. The molecule has 5 heterocycles. The first-order chi connectivity index (χ1) is 13.5. The van der Waals surface area contributed by atoms with Crippen LogP contribution in [0.1, 0.15) is 6.42 Å². The van der Waals surface area contributed by atoms with Gasteiger partial charge in [-0.3, -0.25) is 4.90 Å². The third kappa shape index (κ3) is 2.60. The molecule has 8 nitrogen and oxygen atoms in total. The Balaban J connectivity index is 1.54. The maximum atomic E-state index is 14.2. The zero-order chi connectivity index (χ0) is 19.4. The molecular weight excluding hydrogens is 370 g/mol. The number of anilines is 1. The van der Waals surface area contributed by atoms with Crippen molar-refractivity contribution in [2.75, 3.05) is 31.1 Å². The smallest absolute Gasteiger partial charge is 0.231 e. The highest BCUT2D eigenvalue weighted by Crippen LogP contribution is 2.37. The van der Waals surface area contributed by atoms with E-state index in [-0.39, 0.29) is 35.9 Å². The van der Waals surface area contributed by atoms with Crippen LogP contribution in [0.25, 0.3) is 16.7 Å². The molecule has 2 unspecified atom stereocenters. The van der Waals surface area contributed by atoms with Crippen molar-refractivity contribution < 1.29 is 19.0 Å². The second-order valence-corrected chi connectivity index (χ2v) is 7.17. The number of aliphatic hydroxyl groups excluding tert-OH is 1. The molecule has 3 saturated heterocycles. The third-order valence-corrected chi connectivity index (χ3v) is 5.45. The van der Waals surface area contributed by atoms with E-state index in [2.05, 4.69) is 20.0 Å². The molecule has 2 atom stereocenters. The molecule has 28 heavy (non-hydrogen) atoms. The summed E-state index contributed by atoms with van der Waals surface area (Å²) < 4.78 is 28.7. The Morgan fingerprint density at radius 2 is 1.93 bits per heavy atom. The molecular formula is C18H18F2N6O2. The van der Waals surface area contributed by atoms with E-state index in [0.29, 0.717) is 17.9 Å². The van der Waals surface area contributed by atoms with E-state index < -0.39 is 11.6 Å². The average molecular weight is 388 g/mol. The molecule has 3 aliphatic heterocycles. The SMILES string of the molecule is OCCN1CC2CC(C1)N2c1nc(O)c2cnn(-c3ccc(F)cc3F)c2n1. The van der Waals surface area contributed by atoms with Gasteiger partial charge >= 0.3 is 0 Å². The first-order valence-corrected chi connectivity index (χ1v) is 9.07. The summed E-state index contributed by atoms with van der Waals surface area (Å²) >= 11 is 0. The number of halogens is 2. The highest BCUT2D eigenvalue weighted by molar-refractivity contribution is 5.82. The van der Waals surface area contributed by atoms with Gasteiger partial charge in [0, 0.05) is 37.8 Å². The van der Waals surface area contributed by atoms with E-state index in [9.17, 15) is 13.9 Å². The van der Waals surface area contributed by atoms with Crippen LogP contribution in [-0.2, 0) is 0 Å². The summed E-state index contributed by atoms with van der Waals surface area (Å²) in [5.41, 5.74) is 0.295. The number of hydrogen-bond acceptors (Lipinski definition) is 7. The molecule has 0 spiro atoms. The Bertz CT molecular complexity index is 1050. The Kier molecular flexibility index (Phi) is 3.91. The summed E-state index contributed by atoms with van der Waals surface area (Å²) in [5, 5.41) is 23.9. The Morgan fingerprint density at radius 3 is 2.64 bits per heavy atom. The number of nitrogens with zero attached hydrogens (tertiary/aromatic N) is 6. The monoisotopic (exact) mass is 388 g/mol. The van der Waals surface area contributed by atoms with Crippen molar-refractivity contribution in [3.8, 4) is 11.6 Å². The van der Waals surface area contributed by atoms with Gasteiger partial charge in [-0.15, -0.1) is 0 Å². The number of aromatic hydroxyl groups is 1. The Morgan fingerprint density at radius 1 is 1.14 bits per heavy atom. The van der Waals surface area contributed by atoms with Gasteiger partial charge in [0.15, 0.2) is 11.5 Å². The van der Waals surface area contributed by atoms with Crippen molar-refractivity contribution in [3.05, 3.63) is 36.0 Å². The average Bonchev–Trinajstić information content (AvgIpc) is 3.06. The van der Waals surface area contributed by atoms with Gasteiger partial charge in [0.05, 0.1) is 12.8 Å². The van der Waals surface area contributed by atoms with E-state index in [1.54, 1.807) is 0 Å². The fourth-order valence-corrected chi connectivity index (χ4v) is 4.17.